The molecule has 2 aliphatic rings. The molecular formula is C21H30N4O4. The number of carbonyl (C=O) groups is 3. The van der Waals surface area contributed by atoms with Crippen LogP contribution >= 0.6 is 0 Å². The van der Waals surface area contributed by atoms with Gasteiger partial charge in [-0.1, -0.05) is 0 Å². The Morgan fingerprint density at radius 3 is 2.28 bits per heavy atom. The summed E-state index contributed by atoms with van der Waals surface area (Å²) in [6.45, 7) is 8.37. The van der Waals surface area contributed by atoms with Crippen molar-refractivity contribution in [3.8, 4) is 0 Å². The molecule has 29 heavy (non-hydrogen) atoms. The van der Waals surface area contributed by atoms with Crippen LogP contribution in [0.4, 0.5) is 0 Å². The first-order chi connectivity index (χ1) is 14.0. The average molecular weight is 402 g/mol. The van der Waals surface area contributed by atoms with Gasteiger partial charge in [-0.15, -0.1) is 0 Å². The van der Waals surface area contributed by atoms with E-state index in [1.165, 1.54) is 6.42 Å². The van der Waals surface area contributed by atoms with Crippen LogP contribution in [0.2, 0.25) is 0 Å². The van der Waals surface area contributed by atoms with Gasteiger partial charge in [0, 0.05) is 39.3 Å². The number of hydrogen-bond acceptors (Lipinski definition) is 6. The number of nitrogens with zero attached hydrogens (tertiary/aromatic N) is 4. The fraction of sp³-hybridized carbons (Fsp3) is 0.619. The predicted octanol–water partition coefficient (Wildman–Crippen LogP) is 1.34. The second-order valence-corrected chi connectivity index (χ2v) is 7.56. The number of amides is 2. The molecule has 0 saturated carbocycles. The van der Waals surface area contributed by atoms with Crippen LogP contribution in [0.3, 0.4) is 0 Å². The minimum atomic E-state index is -0.427. The van der Waals surface area contributed by atoms with Crippen molar-refractivity contribution in [1.82, 2.24) is 19.7 Å². The SMILES string of the molecule is CCOC(=O)c1ccc(C(=O)N2CCN(CC(=O)N3CCCCC3)CC2)nc1C. The van der Waals surface area contributed by atoms with Gasteiger partial charge in [0.2, 0.25) is 5.91 Å². The van der Waals surface area contributed by atoms with Gasteiger partial charge in [-0.2, -0.15) is 0 Å². The fourth-order valence-electron chi connectivity index (χ4n) is 3.81. The highest BCUT2D eigenvalue weighted by atomic mass is 16.5. The van der Waals surface area contributed by atoms with E-state index >= 15 is 0 Å². The van der Waals surface area contributed by atoms with Gasteiger partial charge in [0.1, 0.15) is 5.69 Å². The maximum atomic E-state index is 12.8. The van der Waals surface area contributed by atoms with Crippen LogP contribution in [0.25, 0.3) is 0 Å². The van der Waals surface area contributed by atoms with Crippen LogP contribution in [0, 0.1) is 6.92 Å². The van der Waals surface area contributed by atoms with Crippen LogP contribution in [0.5, 0.6) is 0 Å². The third-order valence-corrected chi connectivity index (χ3v) is 5.53. The number of ether oxygens (including phenoxy) is 1. The van der Waals surface area contributed by atoms with Gasteiger partial charge in [0.05, 0.1) is 24.4 Å². The van der Waals surface area contributed by atoms with Gasteiger partial charge in [-0.05, 0) is 45.2 Å². The van der Waals surface area contributed by atoms with Crippen molar-refractivity contribution >= 4 is 17.8 Å². The summed E-state index contributed by atoms with van der Waals surface area (Å²) in [5.41, 5.74) is 1.19. The van der Waals surface area contributed by atoms with Crippen molar-refractivity contribution in [2.24, 2.45) is 0 Å². The zero-order chi connectivity index (χ0) is 20.8. The summed E-state index contributed by atoms with van der Waals surface area (Å²) in [7, 11) is 0. The minimum Gasteiger partial charge on any atom is -0.462 e. The van der Waals surface area contributed by atoms with Crippen molar-refractivity contribution in [3.05, 3.63) is 29.1 Å². The smallest absolute Gasteiger partial charge is 0.339 e. The average Bonchev–Trinajstić information content (AvgIpc) is 2.74. The number of aromatic nitrogens is 1. The van der Waals surface area contributed by atoms with Crippen molar-refractivity contribution in [3.63, 3.8) is 0 Å². The summed E-state index contributed by atoms with van der Waals surface area (Å²) in [5.74, 6) is -0.384. The van der Waals surface area contributed by atoms with E-state index in [9.17, 15) is 14.4 Å². The maximum Gasteiger partial charge on any atom is 0.339 e. The van der Waals surface area contributed by atoms with E-state index in [1.807, 2.05) is 4.90 Å². The number of piperazine rings is 1. The van der Waals surface area contributed by atoms with E-state index in [2.05, 4.69) is 9.88 Å². The van der Waals surface area contributed by atoms with Crippen LogP contribution in [-0.4, -0.2) is 89.9 Å². The van der Waals surface area contributed by atoms with Crippen molar-refractivity contribution < 1.29 is 19.1 Å². The number of pyridine rings is 1. The molecule has 2 aliphatic heterocycles. The first-order valence-electron chi connectivity index (χ1n) is 10.4. The van der Waals surface area contributed by atoms with E-state index in [4.69, 9.17) is 4.74 Å². The Morgan fingerprint density at radius 1 is 0.966 bits per heavy atom. The summed E-state index contributed by atoms with van der Waals surface area (Å²) in [6.07, 6.45) is 3.39. The molecule has 3 heterocycles. The Morgan fingerprint density at radius 2 is 1.66 bits per heavy atom. The standard InChI is InChI=1S/C21H30N4O4/c1-3-29-21(28)17-7-8-18(22-16(17)2)20(27)25-13-11-23(12-14-25)15-19(26)24-9-5-4-6-10-24/h7-8H,3-6,9-15H2,1-2H3. The first kappa shape index (κ1) is 21.2. The molecular weight excluding hydrogens is 372 g/mol. The number of rotatable bonds is 5. The Labute approximate surface area is 171 Å². The quantitative estimate of drug-likeness (QED) is 0.691. The zero-order valence-electron chi connectivity index (χ0n) is 17.4. The molecule has 8 nitrogen and oxygen atoms in total. The van der Waals surface area contributed by atoms with Crippen molar-refractivity contribution in [1.29, 1.82) is 0 Å². The van der Waals surface area contributed by atoms with Gasteiger partial charge in [-0.3, -0.25) is 14.5 Å². The van der Waals surface area contributed by atoms with E-state index in [-0.39, 0.29) is 11.8 Å². The third kappa shape index (κ3) is 5.32. The van der Waals surface area contributed by atoms with Crippen molar-refractivity contribution in [2.75, 3.05) is 52.4 Å². The van der Waals surface area contributed by atoms with Crippen LogP contribution in [0.15, 0.2) is 12.1 Å². The molecule has 158 valence electrons. The number of aryl methyl sites for hydroxylation is 1. The molecule has 1 aromatic rings. The summed E-state index contributed by atoms with van der Waals surface area (Å²) in [4.78, 5) is 47.3. The van der Waals surface area contributed by atoms with Gasteiger partial charge in [0.15, 0.2) is 0 Å². The Hall–Kier alpha value is -2.48. The number of esters is 1. The molecule has 1 aromatic heterocycles. The zero-order valence-corrected chi connectivity index (χ0v) is 17.4. The summed E-state index contributed by atoms with van der Waals surface area (Å²) < 4.78 is 5.00. The normalized spacial score (nSPS) is 17.9. The largest absolute Gasteiger partial charge is 0.462 e. The predicted molar refractivity (Wildman–Crippen MR) is 108 cm³/mol. The number of carbonyl (C=O) groups excluding carboxylic acids is 3. The lowest BCUT2D eigenvalue weighted by atomic mass is 10.1. The molecule has 0 spiro atoms. The number of piperidine rings is 1. The van der Waals surface area contributed by atoms with Gasteiger partial charge < -0.3 is 14.5 Å². The first-order valence-corrected chi connectivity index (χ1v) is 10.4. The maximum absolute atomic E-state index is 12.8. The van der Waals surface area contributed by atoms with Crippen LogP contribution in [-0.2, 0) is 9.53 Å². The van der Waals surface area contributed by atoms with E-state index in [1.54, 1.807) is 30.9 Å². The fourth-order valence-corrected chi connectivity index (χ4v) is 3.81. The molecule has 0 unspecified atom stereocenters. The highest BCUT2D eigenvalue weighted by Gasteiger charge is 2.26. The Bertz CT molecular complexity index is 753. The second-order valence-electron chi connectivity index (χ2n) is 7.56. The lowest BCUT2D eigenvalue weighted by Crippen LogP contribution is -2.52. The molecule has 0 N–H and O–H groups in total. The van der Waals surface area contributed by atoms with E-state index in [0.29, 0.717) is 56.3 Å². The third-order valence-electron chi connectivity index (χ3n) is 5.53. The summed E-state index contributed by atoms with van der Waals surface area (Å²) in [5, 5.41) is 0. The molecule has 0 atom stereocenters. The highest BCUT2D eigenvalue weighted by Crippen LogP contribution is 2.13. The highest BCUT2D eigenvalue weighted by molar-refractivity contribution is 5.95. The van der Waals surface area contributed by atoms with Crippen LogP contribution in [0.1, 0.15) is 52.7 Å². The van der Waals surface area contributed by atoms with Crippen LogP contribution < -0.4 is 0 Å². The monoisotopic (exact) mass is 402 g/mol. The van der Waals surface area contributed by atoms with Gasteiger partial charge in [0.25, 0.3) is 5.91 Å². The van der Waals surface area contributed by atoms with Gasteiger partial charge >= 0.3 is 5.97 Å². The molecule has 0 radical (unpaired) electrons. The summed E-state index contributed by atoms with van der Waals surface area (Å²) in [6, 6.07) is 3.18. The second kappa shape index (κ2) is 9.82. The Balaban J connectivity index is 1.52. The molecule has 0 aromatic carbocycles. The molecule has 3 rings (SSSR count). The lowest BCUT2D eigenvalue weighted by Gasteiger charge is -2.36. The van der Waals surface area contributed by atoms with Crippen molar-refractivity contribution in [2.45, 2.75) is 33.1 Å². The van der Waals surface area contributed by atoms with E-state index in [0.717, 1.165) is 25.9 Å². The molecule has 2 amide bonds. The minimum absolute atomic E-state index is 0.148. The van der Waals surface area contributed by atoms with E-state index < -0.39 is 5.97 Å². The van der Waals surface area contributed by atoms with Gasteiger partial charge in [-0.25, -0.2) is 9.78 Å². The lowest BCUT2D eigenvalue weighted by molar-refractivity contribution is -0.133. The summed E-state index contributed by atoms with van der Waals surface area (Å²) >= 11 is 0. The molecule has 8 heteroatoms. The molecule has 2 saturated heterocycles. The molecule has 0 aliphatic carbocycles. The molecule has 0 bridgehead atoms. The molecule has 2 fully saturated rings. The number of likely N-dealkylation sites (tertiary alicyclic amines) is 1. The topological polar surface area (TPSA) is 83.1 Å². The Kier molecular flexibility index (Phi) is 7.19. The number of hydrogen-bond donors (Lipinski definition) is 0.